The average molecular weight is 318 g/mol. The molecule has 0 saturated heterocycles. The van der Waals surface area contributed by atoms with E-state index < -0.39 is 10.0 Å². The van der Waals surface area contributed by atoms with Crippen molar-refractivity contribution in [2.24, 2.45) is 0 Å². The van der Waals surface area contributed by atoms with E-state index in [1.54, 1.807) is 18.2 Å². The molecule has 4 nitrogen and oxygen atoms in total. The van der Waals surface area contributed by atoms with Gasteiger partial charge in [0.1, 0.15) is 0 Å². The molecule has 0 saturated carbocycles. The summed E-state index contributed by atoms with van der Waals surface area (Å²) in [5.74, 6) is 0. The second-order valence-corrected chi connectivity index (χ2v) is 7.69. The Morgan fingerprint density at radius 1 is 1.05 bits per heavy atom. The molecule has 0 aliphatic rings. The van der Waals surface area contributed by atoms with Gasteiger partial charge >= 0.3 is 0 Å². The molecule has 1 N–H and O–H groups in total. The maximum absolute atomic E-state index is 12.2. The van der Waals surface area contributed by atoms with Gasteiger partial charge in [-0.3, -0.25) is 0 Å². The Labute approximate surface area is 132 Å². The molecule has 2 rings (SSSR count). The van der Waals surface area contributed by atoms with E-state index in [1.165, 1.54) is 29.5 Å². The average Bonchev–Trinajstić information content (AvgIpc) is 2.49. The summed E-state index contributed by atoms with van der Waals surface area (Å²) in [5.41, 5.74) is 4.44. The summed E-state index contributed by atoms with van der Waals surface area (Å²) >= 11 is 0. The molecule has 0 fully saturated rings. The summed E-state index contributed by atoms with van der Waals surface area (Å²) in [5, 5.41) is 3.37. The van der Waals surface area contributed by atoms with Crippen LogP contribution in [0.25, 0.3) is 0 Å². The van der Waals surface area contributed by atoms with E-state index in [1.807, 2.05) is 18.2 Å². The summed E-state index contributed by atoms with van der Waals surface area (Å²) in [6.45, 7) is 4.73. The topological polar surface area (TPSA) is 49.4 Å². The van der Waals surface area contributed by atoms with Crippen molar-refractivity contribution in [3.05, 3.63) is 59.2 Å². The fourth-order valence-electron chi connectivity index (χ4n) is 2.17. The van der Waals surface area contributed by atoms with E-state index in [4.69, 9.17) is 0 Å². The lowest BCUT2D eigenvalue weighted by Gasteiger charge is -2.14. The number of nitrogens with one attached hydrogen (secondary N) is 1. The molecule has 0 aromatic heterocycles. The van der Waals surface area contributed by atoms with Crippen LogP contribution in [0.3, 0.4) is 0 Å². The van der Waals surface area contributed by atoms with E-state index in [-0.39, 0.29) is 0 Å². The van der Waals surface area contributed by atoms with Gasteiger partial charge in [0.2, 0.25) is 10.0 Å². The van der Waals surface area contributed by atoms with Gasteiger partial charge in [0.05, 0.1) is 4.90 Å². The first-order valence-corrected chi connectivity index (χ1v) is 8.58. The Bertz CT molecular complexity index is 768. The largest absolute Gasteiger partial charge is 0.381 e. The number of rotatable bonds is 5. The van der Waals surface area contributed by atoms with Crippen LogP contribution in [0.1, 0.15) is 16.7 Å². The van der Waals surface area contributed by atoms with Gasteiger partial charge in [0, 0.05) is 26.3 Å². The van der Waals surface area contributed by atoms with Crippen LogP contribution < -0.4 is 5.32 Å². The van der Waals surface area contributed by atoms with Crippen molar-refractivity contribution in [3.63, 3.8) is 0 Å². The third-order valence-electron chi connectivity index (χ3n) is 3.76. The molecule has 2 aromatic carbocycles. The highest BCUT2D eigenvalue weighted by Gasteiger charge is 2.17. The van der Waals surface area contributed by atoms with Crippen molar-refractivity contribution in [2.45, 2.75) is 25.3 Å². The van der Waals surface area contributed by atoms with Crippen LogP contribution >= 0.6 is 0 Å². The standard InChI is InChI=1S/C17H22N2O2S/c1-13-7-5-10-17(14(13)2)18-12-15-8-6-9-16(11-15)22(20,21)19(3)4/h5-11,18H,12H2,1-4H3. The molecule has 0 radical (unpaired) electrons. The van der Waals surface area contributed by atoms with Crippen LogP contribution in [0.5, 0.6) is 0 Å². The lowest BCUT2D eigenvalue weighted by atomic mass is 10.1. The molecule has 0 spiro atoms. The third kappa shape index (κ3) is 3.48. The van der Waals surface area contributed by atoms with Crippen LogP contribution in [0.15, 0.2) is 47.4 Å². The van der Waals surface area contributed by atoms with E-state index >= 15 is 0 Å². The second-order valence-electron chi connectivity index (χ2n) is 5.54. The van der Waals surface area contributed by atoms with E-state index in [9.17, 15) is 8.42 Å². The molecule has 5 heteroatoms. The molecular formula is C17H22N2O2S. The van der Waals surface area contributed by atoms with Gasteiger partial charge in [-0.05, 0) is 48.7 Å². The highest BCUT2D eigenvalue weighted by molar-refractivity contribution is 7.89. The lowest BCUT2D eigenvalue weighted by molar-refractivity contribution is 0.520. The van der Waals surface area contributed by atoms with Crippen molar-refractivity contribution in [3.8, 4) is 0 Å². The minimum atomic E-state index is -3.39. The van der Waals surface area contributed by atoms with Crippen LogP contribution in [0, 0.1) is 13.8 Å². The highest BCUT2D eigenvalue weighted by Crippen LogP contribution is 2.20. The molecule has 2 aromatic rings. The molecule has 0 aliphatic carbocycles. The summed E-state index contributed by atoms with van der Waals surface area (Å²) in [4.78, 5) is 0.317. The van der Waals surface area contributed by atoms with Crippen molar-refractivity contribution in [1.29, 1.82) is 0 Å². The molecule has 0 bridgehead atoms. The molecule has 0 unspecified atom stereocenters. The summed E-state index contributed by atoms with van der Waals surface area (Å²) in [6, 6.07) is 13.2. The van der Waals surface area contributed by atoms with Crippen molar-refractivity contribution in [1.82, 2.24) is 4.31 Å². The maximum atomic E-state index is 12.2. The van der Waals surface area contributed by atoms with Crippen molar-refractivity contribution < 1.29 is 8.42 Å². The second kappa shape index (κ2) is 6.50. The number of hydrogen-bond donors (Lipinski definition) is 1. The lowest BCUT2D eigenvalue weighted by Crippen LogP contribution is -2.22. The van der Waals surface area contributed by atoms with Gasteiger partial charge in [-0.1, -0.05) is 24.3 Å². The quantitative estimate of drug-likeness (QED) is 0.921. The summed E-state index contributed by atoms with van der Waals surface area (Å²) in [7, 11) is -0.316. The summed E-state index contributed by atoms with van der Waals surface area (Å²) < 4.78 is 25.6. The predicted molar refractivity (Wildman–Crippen MR) is 90.6 cm³/mol. The zero-order valence-electron chi connectivity index (χ0n) is 13.4. The van der Waals surface area contributed by atoms with E-state index in [2.05, 4.69) is 25.2 Å². The molecule has 0 amide bonds. The van der Waals surface area contributed by atoms with Crippen LogP contribution in [-0.4, -0.2) is 26.8 Å². The normalized spacial score (nSPS) is 11.7. The highest BCUT2D eigenvalue weighted by atomic mass is 32.2. The van der Waals surface area contributed by atoms with Gasteiger partial charge < -0.3 is 5.32 Å². The first-order valence-electron chi connectivity index (χ1n) is 7.14. The van der Waals surface area contributed by atoms with Gasteiger partial charge in [-0.25, -0.2) is 12.7 Å². The number of nitrogens with zero attached hydrogens (tertiary/aromatic N) is 1. The Hall–Kier alpha value is -1.85. The van der Waals surface area contributed by atoms with Crippen molar-refractivity contribution in [2.75, 3.05) is 19.4 Å². The first-order chi connectivity index (χ1) is 10.3. The number of sulfonamides is 1. The number of anilines is 1. The van der Waals surface area contributed by atoms with Crippen LogP contribution in [0.4, 0.5) is 5.69 Å². The number of aryl methyl sites for hydroxylation is 1. The van der Waals surface area contributed by atoms with Crippen LogP contribution in [0.2, 0.25) is 0 Å². The van der Waals surface area contributed by atoms with E-state index in [0.29, 0.717) is 11.4 Å². The Kier molecular flexibility index (Phi) is 4.88. The first kappa shape index (κ1) is 16.5. The fraction of sp³-hybridized carbons (Fsp3) is 0.294. The Balaban J connectivity index is 2.20. The Morgan fingerprint density at radius 3 is 2.41 bits per heavy atom. The van der Waals surface area contributed by atoms with Gasteiger partial charge in [0.25, 0.3) is 0 Å². The molecule has 0 aliphatic heterocycles. The number of hydrogen-bond acceptors (Lipinski definition) is 3. The van der Waals surface area contributed by atoms with Gasteiger partial charge in [-0.15, -0.1) is 0 Å². The SMILES string of the molecule is Cc1cccc(NCc2cccc(S(=O)(=O)N(C)C)c2)c1C. The van der Waals surface area contributed by atoms with E-state index in [0.717, 1.165) is 11.3 Å². The third-order valence-corrected chi connectivity index (χ3v) is 5.58. The zero-order chi connectivity index (χ0) is 16.3. The molecule has 118 valence electrons. The maximum Gasteiger partial charge on any atom is 0.242 e. The van der Waals surface area contributed by atoms with Gasteiger partial charge in [0.15, 0.2) is 0 Å². The molecular weight excluding hydrogens is 296 g/mol. The van der Waals surface area contributed by atoms with Crippen molar-refractivity contribution >= 4 is 15.7 Å². The minimum absolute atomic E-state index is 0.317. The van der Waals surface area contributed by atoms with Gasteiger partial charge in [-0.2, -0.15) is 0 Å². The van der Waals surface area contributed by atoms with Crippen LogP contribution in [-0.2, 0) is 16.6 Å². The fourth-order valence-corrected chi connectivity index (χ4v) is 3.14. The monoisotopic (exact) mass is 318 g/mol. The zero-order valence-corrected chi connectivity index (χ0v) is 14.2. The smallest absolute Gasteiger partial charge is 0.242 e. The molecule has 0 atom stereocenters. The molecule has 22 heavy (non-hydrogen) atoms. The molecule has 0 heterocycles. The number of benzene rings is 2. The minimum Gasteiger partial charge on any atom is -0.381 e. The summed E-state index contributed by atoms with van der Waals surface area (Å²) in [6.07, 6.45) is 0. The Morgan fingerprint density at radius 2 is 1.73 bits per heavy atom. The predicted octanol–water partition coefficient (Wildman–Crippen LogP) is 3.17.